The molecule has 3 aromatic rings. The molecule has 0 saturated carbocycles. The quantitative estimate of drug-likeness (QED) is 0.400. The van der Waals surface area contributed by atoms with E-state index in [4.69, 9.17) is 18.6 Å². The monoisotopic (exact) mass is 404 g/mol. The Bertz CT molecular complexity index is 1050. The number of hydrogen-bond donors (Lipinski definition) is 1. The third-order valence-corrected chi connectivity index (χ3v) is 4.45. The number of rotatable bonds is 10. The second-order valence-electron chi connectivity index (χ2n) is 6.69. The van der Waals surface area contributed by atoms with Crippen LogP contribution in [0.1, 0.15) is 12.2 Å². The first-order chi connectivity index (χ1) is 14.9. The van der Waals surface area contributed by atoms with Crippen molar-refractivity contribution < 1.29 is 18.6 Å². The summed E-state index contributed by atoms with van der Waals surface area (Å²) in [5, 5.41) is 4.33. The number of furan rings is 1. The molecule has 0 bridgehead atoms. The molecule has 2 aromatic carbocycles. The minimum absolute atomic E-state index is 0.458. The van der Waals surface area contributed by atoms with Gasteiger partial charge in [0, 0.05) is 11.9 Å². The molecule has 30 heavy (non-hydrogen) atoms. The lowest BCUT2D eigenvalue weighted by Crippen LogP contribution is -2.23. The van der Waals surface area contributed by atoms with Gasteiger partial charge in [-0.25, -0.2) is 4.99 Å². The van der Waals surface area contributed by atoms with Gasteiger partial charge in [0.1, 0.15) is 30.3 Å². The molecule has 1 N–H and O–H groups in total. The number of fused-ring (bicyclic) bond motifs is 1. The van der Waals surface area contributed by atoms with E-state index < -0.39 is 0 Å². The van der Waals surface area contributed by atoms with Gasteiger partial charge in [0.2, 0.25) is 0 Å². The van der Waals surface area contributed by atoms with E-state index in [9.17, 15) is 0 Å². The molecular weight excluding hydrogens is 380 g/mol. The zero-order valence-electron chi connectivity index (χ0n) is 16.7. The van der Waals surface area contributed by atoms with Crippen LogP contribution in [0.4, 0.5) is 0 Å². The molecule has 0 atom stereocenters. The lowest BCUT2D eigenvalue weighted by atomic mass is 10.2. The Morgan fingerprint density at radius 3 is 2.80 bits per heavy atom. The molecule has 4 rings (SSSR count). The number of para-hydroxylation sites is 1. The number of benzene rings is 2. The highest BCUT2D eigenvalue weighted by Crippen LogP contribution is 2.28. The van der Waals surface area contributed by atoms with Crippen molar-refractivity contribution in [2.75, 3.05) is 32.9 Å². The fraction of sp³-hybridized carbons (Fsp3) is 0.250. The van der Waals surface area contributed by atoms with E-state index in [0.717, 1.165) is 42.0 Å². The molecule has 0 amide bonds. The van der Waals surface area contributed by atoms with Crippen LogP contribution < -0.4 is 14.8 Å². The number of nitrogens with one attached hydrogen (secondary N) is 1. The summed E-state index contributed by atoms with van der Waals surface area (Å²) in [5.41, 5.74) is 4.47. The molecule has 154 valence electrons. The second kappa shape index (κ2) is 10.3. The van der Waals surface area contributed by atoms with Crippen molar-refractivity contribution in [3.63, 3.8) is 0 Å². The van der Waals surface area contributed by atoms with Gasteiger partial charge in [0.15, 0.2) is 17.9 Å². The van der Waals surface area contributed by atoms with E-state index in [1.165, 1.54) is 6.40 Å². The van der Waals surface area contributed by atoms with Gasteiger partial charge in [0.05, 0.1) is 6.61 Å². The zero-order valence-corrected chi connectivity index (χ0v) is 16.7. The molecular formula is C24H24N2O4. The molecule has 1 aliphatic rings. The Kier molecular flexibility index (Phi) is 6.84. The molecule has 6 nitrogen and oxygen atoms in total. The standard InChI is InChI=1S/C24H24N2O4/c1-2-6-20(7-3-1)28-14-5-11-25-12-15-29-21-9-10-23-19(16-21)17-24(30-23)22-8-4-13-27-18-26-22/h1-4,6-7,9-10,16-18,25H,5,11-15H2. The normalized spacial score (nSPS) is 13.0. The summed E-state index contributed by atoms with van der Waals surface area (Å²) in [6.45, 7) is 3.39. The van der Waals surface area contributed by atoms with Crippen molar-refractivity contribution in [2.45, 2.75) is 6.42 Å². The summed E-state index contributed by atoms with van der Waals surface area (Å²) in [7, 11) is 0. The van der Waals surface area contributed by atoms with Crippen molar-refractivity contribution in [1.29, 1.82) is 0 Å². The van der Waals surface area contributed by atoms with Gasteiger partial charge in [0.25, 0.3) is 0 Å². The number of ether oxygens (including phenoxy) is 3. The summed E-state index contributed by atoms with van der Waals surface area (Å²) in [5.74, 6) is 2.37. The molecule has 0 aliphatic carbocycles. The molecule has 0 radical (unpaired) electrons. The highest BCUT2D eigenvalue weighted by Gasteiger charge is 2.09. The topological polar surface area (TPSA) is 65.2 Å². The van der Waals surface area contributed by atoms with Crippen LogP contribution in [-0.2, 0) is 4.74 Å². The van der Waals surface area contributed by atoms with Crippen LogP contribution in [0.5, 0.6) is 11.5 Å². The predicted octanol–water partition coefficient (Wildman–Crippen LogP) is 4.42. The summed E-state index contributed by atoms with van der Waals surface area (Å²) in [6.07, 6.45) is 4.13. The van der Waals surface area contributed by atoms with Crippen molar-refractivity contribution in [2.24, 2.45) is 4.99 Å². The summed E-state index contributed by atoms with van der Waals surface area (Å²) >= 11 is 0. The van der Waals surface area contributed by atoms with Crippen LogP contribution >= 0.6 is 0 Å². The van der Waals surface area contributed by atoms with Gasteiger partial charge in [-0.1, -0.05) is 23.9 Å². The van der Waals surface area contributed by atoms with Gasteiger partial charge in [-0.3, -0.25) is 0 Å². The largest absolute Gasteiger partial charge is 0.494 e. The molecule has 1 aromatic heterocycles. The average Bonchev–Trinajstić information content (AvgIpc) is 3.01. The summed E-state index contributed by atoms with van der Waals surface area (Å²) in [6, 6.07) is 17.6. The van der Waals surface area contributed by atoms with Crippen molar-refractivity contribution >= 4 is 23.1 Å². The molecule has 6 heteroatoms. The van der Waals surface area contributed by atoms with Crippen LogP contribution in [0.3, 0.4) is 0 Å². The Labute approximate surface area is 175 Å². The SMILES string of the molecule is C1=CCOC=NC=1c1cc2cc(OCCNCCCOc3ccccc3)ccc2o1. The first-order valence-electron chi connectivity index (χ1n) is 10.0. The molecule has 2 heterocycles. The van der Waals surface area contributed by atoms with Crippen molar-refractivity contribution in [3.8, 4) is 11.5 Å². The fourth-order valence-corrected chi connectivity index (χ4v) is 2.99. The van der Waals surface area contributed by atoms with E-state index in [1.54, 1.807) is 6.08 Å². The Morgan fingerprint density at radius 1 is 0.967 bits per heavy atom. The smallest absolute Gasteiger partial charge is 0.175 e. The van der Waals surface area contributed by atoms with E-state index in [-0.39, 0.29) is 0 Å². The third-order valence-electron chi connectivity index (χ3n) is 4.45. The zero-order chi connectivity index (χ0) is 20.4. The van der Waals surface area contributed by atoms with Gasteiger partial charge >= 0.3 is 0 Å². The lowest BCUT2D eigenvalue weighted by Gasteiger charge is -2.08. The Morgan fingerprint density at radius 2 is 1.87 bits per heavy atom. The average molecular weight is 404 g/mol. The van der Waals surface area contributed by atoms with E-state index in [2.05, 4.69) is 16.0 Å². The first-order valence-corrected chi connectivity index (χ1v) is 10.0. The number of nitrogens with zero attached hydrogens (tertiary/aromatic N) is 1. The molecule has 0 fully saturated rings. The van der Waals surface area contributed by atoms with Crippen LogP contribution in [-0.4, -0.2) is 39.3 Å². The van der Waals surface area contributed by atoms with E-state index in [0.29, 0.717) is 31.3 Å². The molecule has 0 spiro atoms. The van der Waals surface area contributed by atoms with Crippen molar-refractivity contribution in [1.82, 2.24) is 5.32 Å². The second-order valence-corrected chi connectivity index (χ2v) is 6.69. The maximum atomic E-state index is 5.86. The van der Waals surface area contributed by atoms with E-state index >= 15 is 0 Å². The molecule has 0 unspecified atom stereocenters. The summed E-state index contributed by atoms with van der Waals surface area (Å²) in [4.78, 5) is 4.20. The molecule has 1 aliphatic heterocycles. The Balaban J connectivity index is 1.19. The van der Waals surface area contributed by atoms with Crippen LogP contribution in [0.25, 0.3) is 16.7 Å². The highest BCUT2D eigenvalue weighted by molar-refractivity contribution is 5.83. The van der Waals surface area contributed by atoms with Crippen LogP contribution in [0, 0.1) is 0 Å². The van der Waals surface area contributed by atoms with Gasteiger partial charge in [-0.15, -0.1) is 0 Å². The minimum atomic E-state index is 0.458. The molecule has 0 saturated heterocycles. The van der Waals surface area contributed by atoms with Crippen LogP contribution in [0.2, 0.25) is 0 Å². The van der Waals surface area contributed by atoms with Gasteiger partial charge in [-0.05, 0) is 55.4 Å². The summed E-state index contributed by atoms with van der Waals surface area (Å²) < 4.78 is 22.5. The first kappa shape index (κ1) is 19.8. The highest BCUT2D eigenvalue weighted by atomic mass is 16.5. The van der Waals surface area contributed by atoms with Gasteiger partial charge in [-0.2, -0.15) is 0 Å². The third kappa shape index (κ3) is 5.54. The fourth-order valence-electron chi connectivity index (χ4n) is 2.99. The predicted molar refractivity (Wildman–Crippen MR) is 117 cm³/mol. The van der Waals surface area contributed by atoms with Gasteiger partial charge < -0.3 is 23.9 Å². The lowest BCUT2D eigenvalue weighted by molar-refractivity contribution is 0.294. The Hall–Kier alpha value is -3.47. The minimum Gasteiger partial charge on any atom is -0.494 e. The van der Waals surface area contributed by atoms with E-state index in [1.807, 2.05) is 54.6 Å². The number of aliphatic imine (C=N–C) groups is 1. The van der Waals surface area contributed by atoms with Crippen molar-refractivity contribution in [3.05, 3.63) is 72.2 Å². The maximum absolute atomic E-state index is 5.86. The number of hydrogen-bond acceptors (Lipinski definition) is 6. The maximum Gasteiger partial charge on any atom is 0.175 e. The van der Waals surface area contributed by atoms with Crippen LogP contribution in [0.15, 0.2) is 75.8 Å².